The lowest BCUT2D eigenvalue weighted by molar-refractivity contribution is 0.140. The van der Waals surface area contributed by atoms with Crippen molar-refractivity contribution < 1.29 is 5.11 Å². The third-order valence-electron chi connectivity index (χ3n) is 2.70. The van der Waals surface area contributed by atoms with Crippen molar-refractivity contribution >= 4 is 0 Å². The Morgan fingerprint density at radius 1 is 1.54 bits per heavy atom. The van der Waals surface area contributed by atoms with E-state index in [0.29, 0.717) is 0 Å². The van der Waals surface area contributed by atoms with Gasteiger partial charge >= 0.3 is 0 Å². The van der Waals surface area contributed by atoms with Gasteiger partial charge in [0, 0.05) is 11.9 Å². The first-order valence-corrected chi connectivity index (χ1v) is 4.67. The highest BCUT2D eigenvalue weighted by Crippen LogP contribution is 2.39. The third kappa shape index (κ3) is 2.04. The number of hydrogen-bond donors (Lipinski definition) is 1. The quantitative estimate of drug-likeness (QED) is 0.757. The van der Waals surface area contributed by atoms with Gasteiger partial charge in [0.1, 0.15) is 6.33 Å². The fourth-order valence-corrected chi connectivity index (χ4v) is 1.43. The Balaban J connectivity index is 1.97. The van der Waals surface area contributed by atoms with Crippen LogP contribution in [0.4, 0.5) is 0 Å². The molecule has 1 aliphatic carbocycles. The van der Waals surface area contributed by atoms with E-state index in [2.05, 4.69) is 9.97 Å². The second-order valence-electron chi connectivity index (χ2n) is 3.86. The maximum atomic E-state index is 9.64. The van der Waals surface area contributed by atoms with Crippen LogP contribution in [0.1, 0.15) is 30.5 Å². The molecule has 2 rings (SSSR count). The predicted octanol–water partition coefficient (Wildman–Crippen LogP) is 1.24. The molecule has 0 radical (unpaired) electrons. The molecule has 0 bridgehead atoms. The van der Waals surface area contributed by atoms with Gasteiger partial charge in [-0.1, -0.05) is 0 Å². The molecule has 1 fully saturated rings. The molecule has 0 atom stereocenters. The molecule has 1 N–H and O–H groups in total. The number of aromatic nitrogens is 2. The van der Waals surface area contributed by atoms with E-state index in [0.717, 1.165) is 36.9 Å². The maximum Gasteiger partial charge on any atom is 0.115 e. The summed E-state index contributed by atoms with van der Waals surface area (Å²) < 4.78 is 0. The summed E-state index contributed by atoms with van der Waals surface area (Å²) in [5.41, 5.74) is 1.82. The highest BCUT2D eigenvalue weighted by Gasteiger charge is 2.39. The lowest BCUT2D eigenvalue weighted by atomic mass is 10.1. The molecule has 0 aromatic carbocycles. The second-order valence-corrected chi connectivity index (χ2v) is 3.86. The van der Waals surface area contributed by atoms with Crippen molar-refractivity contribution in [3.63, 3.8) is 0 Å². The number of hydrogen-bond acceptors (Lipinski definition) is 3. The summed E-state index contributed by atoms with van der Waals surface area (Å²) in [6, 6.07) is 0. The highest BCUT2D eigenvalue weighted by atomic mass is 16.3. The number of aliphatic hydroxyl groups is 1. The lowest BCUT2D eigenvalue weighted by Gasteiger charge is -2.07. The van der Waals surface area contributed by atoms with E-state index in [9.17, 15) is 5.11 Å². The van der Waals surface area contributed by atoms with Crippen molar-refractivity contribution in [2.75, 3.05) is 0 Å². The van der Waals surface area contributed by atoms with E-state index in [1.165, 1.54) is 0 Å². The Morgan fingerprint density at radius 2 is 2.31 bits per heavy atom. The molecule has 3 heteroatoms. The maximum absolute atomic E-state index is 9.64. The van der Waals surface area contributed by atoms with Gasteiger partial charge in [0.25, 0.3) is 0 Å². The smallest absolute Gasteiger partial charge is 0.115 e. The minimum atomic E-state index is -0.359. The average Bonchev–Trinajstić information content (AvgIpc) is 2.83. The molecule has 1 aromatic rings. The fraction of sp³-hybridized carbons (Fsp3) is 0.600. The summed E-state index contributed by atoms with van der Waals surface area (Å²) in [4.78, 5) is 8.08. The zero-order valence-corrected chi connectivity index (χ0v) is 7.82. The lowest BCUT2D eigenvalue weighted by Crippen LogP contribution is -2.08. The zero-order chi connectivity index (χ0) is 9.31. The summed E-state index contributed by atoms with van der Waals surface area (Å²) >= 11 is 0. The highest BCUT2D eigenvalue weighted by molar-refractivity contribution is 5.15. The summed E-state index contributed by atoms with van der Waals surface area (Å²) in [6.45, 7) is 1.98. The Morgan fingerprint density at radius 3 is 2.92 bits per heavy atom. The van der Waals surface area contributed by atoms with Crippen LogP contribution in [0.2, 0.25) is 0 Å². The topological polar surface area (TPSA) is 46.0 Å². The molecule has 1 saturated carbocycles. The second kappa shape index (κ2) is 3.07. The molecule has 0 aliphatic heterocycles. The zero-order valence-electron chi connectivity index (χ0n) is 7.82. The first kappa shape index (κ1) is 8.63. The van der Waals surface area contributed by atoms with Crippen LogP contribution in [0.5, 0.6) is 0 Å². The largest absolute Gasteiger partial charge is 0.390 e. The summed E-state index contributed by atoms with van der Waals surface area (Å²) in [6.07, 6.45) is 7.06. The van der Waals surface area contributed by atoms with Gasteiger partial charge < -0.3 is 5.11 Å². The molecule has 1 heterocycles. The molecular formula is C10H14N2O. The Labute approximate surface area is 77.8 Å². The van der Waals surface area contributed by atoms with E-state index in [4.69, 9.17) is 0 Å². The van der Waals surface area contributed by atoms with Crippen molar-refractivity contribution in [3.05, 3.63) is 23.8 Å². The molecule has 13 heavy (non-hydrogen) atoms. The van der Waals surface area contributed by atoms with E-state index in [1.54, 1.807) is 6.33 Å². The van der Waals surface area contributed by atoms with E-state index < -0.39 is 0 Å². The Hall–Kier alpha value is -0.960. The molecule has 0 unspecified atom stereocenters. The van der Waals surface area contributed by atoms with E-state index in [1.807, 2.05) is 13.1 Å². The molecule has 0 saturated heterocycles. The van der Waals surface area contributed by atoms with Crippen molar-refractivity contribution in [1.82, 2.24) is 9.97 Å². The minimum Gasteiger partial charge on any atom is -0.390 e. The number of aryl methyl sites for hydroxylation is 2. The van der Waals surface area contributed by atoms with Crippen molar-refractivity contribution in [2.24, 2.45) is 0 Å². The van der Waals surface area contributed by atoms with Gasteiger partial charge in [-0.05, 0) is 38.2 Å². The van der Waals surface area contributed by atoms with Gasteiger partial charge in [0.2, 0.25) is 0 Å². The van der Waals surface area contributed by atoms with Crippen LogP contribution in [0, 0.1) is 6.92 Å². The molecule has 1 aromatic heterocycles. The predicted molar refractivity (Wildman–Crippen MR) is 49.3 cm³/mol. The van der Waals surface area contributed by atoms with Crippen LogP contribution in [-0.2, 0) is 6.42 Å². The Kier molecular flexibility index (Phi) is 2.04. The van der Waals surface area contributed by atoms with Crippen LogP contribution in [0.15, 0.2) is 12.5 Å². The van der Waals surface area contributed by atoms with Crippen molar-refractivity contribution in [2.45, 2.75) is 38.2 Å². The first-order valence-electron chi connectivity index (χ1n) is 4.67. The fourth-order valence-electron chi connectivity index (χ4n) is 1.43. The van der Waals surface area contributed by atoms with E-state index >= 15 is 0 Å². The van der Waals surface area contributed by atoms with Gasteiger partial charge in [-0.25, -0.2) is 9.97 Å². The SMILES string of the molecule is Cc1ncncc1CCC1(O)CC1. The normalized spacial score (nSPS) is 18.6. The van der Waals surface area contributed by atoms with Gasteiger partial charge in [0.05, 0.1) is 5.60 Å². The van der Waals surface area contributed by atoms with Crippen LogP contribution in [0.25, 0.3) is 0 Å². The molecule has 70 valence electrons. The van der Waals surface area contributed by atoms with Crippen LogP contribution < -0.4 is 0 Å². The van der Waals surface area contributed by atoms with Crippen LogP contribution in [0.3, 0.4) is 0 Å². The molecular weight excluding hydrogens is 164 g/mol. The van der Waals surface area contributed by atoms with Gasteiger partial charge in [-0.3, -0.25) is 0 Å². The summed E-state index contributed by atoms with van der Waals surface area (Å²) in [5.74, 6) is 0. The van der Waals surface area contributed by atoms with Crippen molar-refractivity contribution in [1.29, 1.82) is 0 Å². The minimum absolute atomic E-state index is 0.359. The first-order chi connectivity index (χ1) is 6.20. The summed E-state index contributed by atoms with van der Waals surface area (Å²) in [5, 5.41) is 9.64. The molecule has 3 nitrogen and oxygen atoms in total. The van der Waals surface area contributed by atoms with Gasteiger partial charge in [-0.2, -0.15) is 0 Å². The van der Waals surface area contributed by atoms with Crippen LogP contribution >= 0.6 is 0 Å². The van der Waals surface area contributed by atoms with Gasteiger partial charge in [0.15, 0.2) is 0 Å². The third-order valence-corrected chi connectivity index (χ3v) is 2.70. The molecule has 1 aliphatic rings. The molecule has 0 spiro atoms. The van der Waals surface area contributed by atoms with Crippen LogP contribution in [-0.4, -0.2) is 20.7 Å². The van der Waals surface area contributed by atoms with E-state index in [-0.39, 0.29) is 5.60 Å². The average molecular weight is 178 g/mol. The molecule has 0 amide bonds. The Bertz CT molecular complexity index is 308. The summed E-state index contributed by atoms with van der Waals surface area (Å²) in [7, 11) is 0. The number of rotatable bonds is 3. The van der Waals surface area contributed by atoms with Gasteiger partial charge in [-0.15, -0.1) is 0 Å². The van der Waals surface area contributed by atoms with Crippen molar-refractivity contribution in [3.8, 4) is 0 Å². The standard InChI is InChI=1S/C10H14N2O/c1-8-9(6-11-7-12-8)2-3-10(13)4-5-10/h6-7,13H,2-5H2,1H3. The monoisotopic (exact) mass is 178 g/mol. The number of nitrogens with zero attached hydrogens (tertiary/aromatic N) is 2.